The predicted octanol–water partition coefficient (Wildman–Crippen LogP) is 3.37. The Morgan fingerprint density at radius 3 is 3.05 bits per heavy atom. The van der Waals surface area contributed by atoms with Gasteiger partial charge in [0.15, 0.2) is 0 Å². The SMILES string of the molecule is Brc1ccccc1-c1nc(CNC[C@@H]2CCCO2)co1. The lowest BCUT2D eigenvalue weighted by Gasteiger charge is -2.08. The maximum atomic E-state index is 5.57. The smallest absolute Gasteiger partial charge is 0.227 e. The first-order chi connectivity index (χ1) is 9.83. The van der Waals surface area contributed by atoms with Gasteiger partial charge in [-0.25, -0.2) is 4.98 Å². The summed E-state index contributed by atoms with van der Waals surface area (Å²) in [5.41, 5.74) is 1.88. The van der Waals surface area contributed by atoms with Gasteiger partial charge in [-0.3, -0.25) is 0 Å². The van der Waals surface area contributed by atoms with Gasteiger partial charge >= 0.3 is 0 Å². The molecule has 3 rings (SSSR count). The first-order valence-corrected chi connectivity index (χ1v) is 7.64. The number of ether oxygens (including phenoxy) is 1. The van der Waals surface area contributed by atoms with Crippen LogP contribution in [0, 0.1) is 0 Å². The monoisotopic (exact) mass is 336 g/mol. The summed E-state index contributed by atoms with van der Waals surface area (Å²) in [6, 6.07) is 7.91. The van der Waals surface area contributed by atoms with Gasteiger partial charge in [-0.1, -0.05) is 12.1 Å². The minimum Gasteiger partial charge on any atom is -0.444 e. The highest BCUT2D eigenvalue weighted by molar-refractivity contribution is 9.10. The largest absolute Gasteiger partial charge is 0.444 e. The second-order valence-electron chi connectivity index (χ2n) is 4.89. The summed E-state index contributed by atoms with van der Waals surface area (Å²) in [4.78, 5) is 4.51. The second kappa shape index (κ2) is 6.52. The van der Waals surface area contributed by atoms with Crippen molar-refractivity contribution in [3.8, 4) is 11.5 Å². The molecule has 2 heterocycles. The molecule has 1 fully saturated rings. The summed E-state index contributed by atoms with van der Waals surface area (Å²) in [6.45, 7) is 2.47. The molecule has 0 radical (unpaired) electrons. The van der Waals surface area contributed by atoms with E-state index >= 15 is 0 Å². The molecule has 0 amide bonds. The molecular formula is C15H17BrN2O2. The quantitative estimate of drug-likeness (QED) is 0.909. The van der Waals surface area contributed by atoms with Gasteiger partial charge in [0.1, 0.15) is 6.26 Å². The molecule has 20 heavy (non-hydrogen) atoms. The molecule has 0 bridgehead atoms. The topological polar surface area (TPSA) is 47.3 Å². The van der Waals surface area contributed by atoms with E-state index in [0.717, 1.165) is 35.3 Å². The lowest BCUT2D eigenvalue weighted by molar-refractivity contribution is 0.110. The van der Waals surface area contributed by atoms with Gasteiger partial charge in [0.05, 0.1) is 17.4 Å². The van der Waals surface area contributed by atoms with Gasteiger partial charge in [0, 0.05) is 24.2 Å². The van der Waals surface area contributed by atoms with E-state index in [2.05, 4.69) is 26.2 Å². The van der Waals surface area contributed by atoms with Crippen LogP contribution in [-0.4, -0.2) is 24.2 Å². The molecule has 1 aliphatic heterocycles. The zero-order valence-electron chi connectivity index (χ0n) is 11.1. The van der Waals surface area contributed by atoms with Crippen molar-refractivity contribution in [3.63, 3.8) is 0 Å². The normalized spacial score (nSPS) is 18.6. The van der Waals surface area contributed by atoms with E-state index in [-0.39, 0.29) is 0 Å². The van der Waals surface area contributed by atoms with Crippen LogP contribution in [0.4, 0.5) is 0 Å². The summed E-state index contributed by atoms with van der Waals surface area (Å²) in [7, 11) is 0. The zero-order valence-corrected chi connectivity index (χ0v) is 12.7. The molecule has 0 spiro atoms. The number of oxazole rings is 1. The minimum absolute atomic E-state index is 0.352. The third-order valence-corrected chi connectivity index (χ3v) is 4.05. The molecule has 1 aromatic carbocycles. The number of hydrogen-bond acceptors (Lipinski definition) is 4. The molecule has 1 saturated heterocycles. The molecule has 1 aliphatic rings. The Kier molecular flexibility index (Phi) is 4.50. The van der Waals surface area contributed by atoms with Gasteiger partial charge < -0.3 is 14.5 Å². The molecule has 0 aliphatic carbocycles. The fraction of sp³-hybridized carbons (Fsp3) is 0.400. The molecule has 4 nitrogen and oxygen atoms in total. The highest BCUT2D eigenvalue weighted by atomic mass is 79.9. The van der Waals surface area contributed by atoms with Crippen LogP contribution in [0.15, 0.2) is 39.4 Å². The lowest BCUT2D eigenvalue weighted by Crippen LogP contribution is -2.25. The van der Waals surface area contributed by atoms with E-state index in [1.165, 1.54) is 6.42 Å². The molecule has 5 heteroatoms. The molecule has 1 N–H and O–H groups in total. The fourth-order valence-electron chi connectivity index (χ4n) is 2.31. The van der Waals surface area contributed by atoms with Crippen LogP contribution in [0.25, 0.3) is 11.5 Å². The second-order valence-corrected chi connectivity index (χ2v) is 5.74. The van der Waals surface area contributed by atoms with Crippen LogP contribution in [-0.2, 0) is 11.3 Å². The molecule has 2 aromatic rings. The highest BCUT2D eigenvalue weighted by Crippen LogP contribution is 2.27. The van der Waals surface area contributed by atoms with E-state index in [1.54, 1.807) is 6.26 Å². The standard InChI is InChI=1S/C15H17BrN2O2/c16-14-6-2-1-5-13(14)15-18-11(10-20-15)8-17-9-12-4-3-7-19-12/h1-2,5-6,10,12,17H,3-4,7-9H2/t12-/m0/s1. The third kappa shape index (κ3) is 3.29. The number of halogens is 1. The Balaban J connectivity index is 1.58. The van der Waals surface area contributed by atoms with Crippen molar-refractivity contribution < 1.29 is 9.15 Å². The first kappa shape index (κ1) is 13.8. The van der Waals surface area contributed by atoms with Crippen molar-refractivity contribution in [1.29, 1.82) is 0 Å². The van der Waals surface area contributed by atoms with Gasteiger partial charge in [0.2, 0.25) is 5.89 Å². The predicted molar refractivity (Wildman–Crippen MR) is 80.3 cm³/mol. The Bertz CT molecular complexity index is 565. The van der Waals surface area contributed by atoms with Crippen molar-refractivity contribution >= 4 is 15.9 Å². The van der Waals surface area contributed by atoms with Crippen LogP contribution < -0.4 is 5.32 Å². The maximum Gasteiger partial charge on any atom is 0.227 e. The minimum atomic E-state index is 0.352. The van der Waals surface area contributed by atoms with E-state index in [1.807, 2.05) is 24.3 Å². The van der Waals surface area contributed by atoms with E-state index in [9.17, 15) is 0 Å². The average Bonchev–Trinajstić information content (AvgIpc) is 3.11. The van der Waals surface area contributed by atoms with Crippen molar-refractivity contribution in [2.24, 2.45) is 0 Å². The van der Waals surface area contributed by atoms with Crippen molar-refractivity contribution in [3.05, 3.63) is 40.7 Å². The number of benzene rings is 1. The molecule has 1 aromatic heterocycles. The summed E-state index contributed by atoms with van der Waals surface area (Å²) in [6.07, 6.45) is 4.37. The molecule has 0 saturated carbocycles. The van der Waals surface area contributed by atoms with E-state index in [4.69, 9.17) is 9.15 Å². The first-order valence-electron chi connectivity index (χ1n) is 6.84. The third-order valence-electron chi connectivity index (χ3n) is 3.36. The zero-order chi connectivity index (χ0) is 13.8. The van der Waals surface area contributed by atoms with Crippen molar-refractivity contribution in [2.75, 3.05) is 13.2 Å². The maximum absolute atomic E-state index is 5.57. The van der Waals surface area contributed by atoms with Gasteiger partial charge in [-0.15, -0.1) is 0 Å². The molecule has 106 valence electrons. The highest BCUT2D eigenvalue weighted by Gasteiger charge is 2.15. The number of hydrogen-bond donors (Lipinski definition) is 1. The van der Waals surface area contributed by atoms with E-state index in [0.29, 0.717) is 18.5 Å². The van der Waals surface area contributed by atoms with Gasteiger partial charge in [0.25, 0.3) is 0 Å². The summed E-state index contributed by atoms with van der Waals surface area (Å²) < 4.78 is 12.1. The van der Waals surface area contributed by atoms with Crippen molar-refractivity contribution in [1.82, 2.24) is 10.3 Å². The van der Waals surface area contributed by atoms with Crippen molar-refractivity contribution in [2.45, 2.75) is 25.5 Å². The van der Waals surface area contributed by atoms with Crippen LogP contribution in [0.5, 0.6) is 0 Å². The average molecular weight is 337 g/mol. The van der Waals surface area contributed by atoms with Crippen LogP contribution in [0.2, 0.25) is 0 Å². The van der Waals surface area contributed by atoms with Gasteiger partial charge in [-0.05, 0) is 40.9 Å². The van der Waals surface area contributed by atoms with Crippen LogP contribution in [0.1, 0.15) is 18.5 Å². The molecule has 0 unspecified atom stereocenters. The Hall–Kier alpha value is -1.17. The summed E-state index contributed by atoms with van der Waals surface area (Å²) >= 11 is 3.51. The van der Waals surface area contributed by atoms with Crippen LogP contribution in [0.3, 0.4) is 0 Å². The van der Waals surface area contributed by atoms with Gasteiger partial charge in [-0.2, -0.15) is 0 Å². The Morgan fingerprint density at radius 2 is 2.25 bits per heavy atom. The lowest BCUT2D eigenvalue weighted by atomic mass is 10.2. The van der Waals surface area contributed by atoms with Crippen LogP contribution >= 0.6 is 15.9 Å². The molecule has 1 atom stereocenters. The number of rotatable bonds is 5. The Labute approximate surface area is 126 Å². The number of nitrogens with zero attached hydrogens (tertiary/aromatic N) is 1. The summed E-state index contributed by atoms with van der Waals surface area (Å²) in [5.74, 6) is 0.645. The summed E-state index contributed by atoms with van der Waals surface area (Å²) in [5, 5.41) is 3.36. The molecular weight excluding hydrogens is 320 g/mol. The number of nitrogens with one attached hydrogen (secondary N) is 1. The Morgan fingerprint density at radius 1 is 1.35 bits per heavy atom. The number of aromatic nitrogens is 1. The van der Waals surface area contributed by atoms with E-state index < -0.39 is 0 Å². The fourth-order valence-corrected chi connectivity index (χ4v) is 2.77.